The topological polar surface area (TPSA) is 123 Å². The Kier molecular flexibility index (Phi) is 3.20. The van der Waals surface area contributed by atoms with E-state index < -0.39 is 0 Å². The number of aromatic nitrogens is 5. The minimum absolute atomic E-state index is 0.210. The number of aromatic amines is 2. The SMILES string of the molecule is Nc1n[nH]c(=O)c2[nH]nc(-c3ccc(Oc4ccccn4)cc3)c12. The van der Waals surface area contributed by atoms with Crippen molar-refractivity contribution < 1.29 is 4.74 Å². The predicted molar refractivity (Wildman–Crippen MR) is 88.7 cm³/mol. The number of hydrogen-bond acceptors (Lipinski definition) is 6. The highest BCUT2D eigenvalue weighted by atomic mass is 16.5. The third-order valence-electron chi connectivity index (χ3n) is 3.52. The summed E-state index contributed by atoms with van der Waals surface area (Å²) >= 11 is 0. The van der Waals surface area contributed by atoms with Gasteiger partial charge in [0.15, 0.2) is 5.82 Å². The molecule has 0 aliphatic carbocycles. The summed E-state index contributed by atoms with van der Waals surface area (Å²) in [6.45, 7) is 0. The lowest BCUT2D eigenvalue weighted by Gasteiger charge is -2.05. The van der Waals surface area contributed by atoms with Gasteiger partial charge in [-0.05, 0) is 30.3 Å². The number of hydrogen-bond donors (Lipinski definition) is 3. The lowest BCUT2D eigenvalue weighted by atomic mass is 10.1. The molecule has 4 N–H and O–H groups in total. The van der Waals surface area contributed by atoms with Gasteiger partial charge in [0.05, 0.1) is 5.39 Å². The third-order valence-corrected chi connectivity index (χ3v) is 3.52. The van der Waals surface area contributed by atoms with Gasteiger partial charge in [-0.15, -0.1) is 0 Å². The fourth-order valence-electron chi connectivity index (χ4n) is 2.40. The second kappa shape index (κ2) is 5.51. The van der Waals surface area contributed by atoms with Gasteiger partial charge in [-0.25, -0.2) is 10.1 Å². The number of pyridine rings is 1. The number of H-pyrrole nitrogens is 2. The zero-order valence-corrected chi connectivity index (χ0v) is 12.4. The Morgan fingerprint density at radius 3 is 2.58 bits per heavy atom. The summed E-state index contributed by atoms with van der Waals surface area (Å²) in [5, 5.41) is 13.5. The van der Waals surface area contributed by atoms with E-state index in [1.165, 1.54) is 0 Å². The molecule has 8 nitrogen and oxygen atoms in total. The van der Waals surface area contributed by atoms with Crippen LogP contribution in [0.4, 0.5) is 5.82 Å². The molecule has 3 heterocycles. The second-order valence-electron chi connectivity index (χ2n) is 5.05. The highest BCUT2D eigenvalue weighted by Gasteiger charge is 2.14. The van der Waals surface area contributed by atoms with E-state index in [1.54, 1.807) is 24.4 Å². The molecule has 0 bridgehead atoms. The van der Waals surface area contributed by atoms with E-state index in [0.29, 0.717) is 28.2 Å². The Bertz CT molecular complexity index is 1050. The van der Waals surface area contributed by atoms with E-state index in [1.807, 2.05) is 24.3 Å². The van der Waals surface area contributed by atoms with Crippen LogP contribution in [0.15, 0.2) is 53.5 Å². The van der Waals surface area contributed by atoms with Crippen LogP contribution >= 0.6 is 0 Å². The summed E-state index contributed by atoms with van der Waals surface area (Å²) < 4.78 is 5.65. The van der Waals surface area contributed by atoms with Crippen molar-refractivity contribution in [3.8, 4) is 22.9 Å². The third kappa shape index (κ3) is 2.35. The zero-order chi connectivity index (χ0) is 16.5. The zero-order valence-electron chi connectivity index (χ0n) is 12.4. The predicted octanol–water partition coefficient (Wildman–Crippen LogP) is 2.08. The number of nitrogens with zero attached hydrogens (tertiary/aromatic N) is 3. The molecule has 0 atom stereocenters. The number of fused-ring (bicyclic) bond motifs is 1. The molecule has 0 aliphatic rings. The summed E-state index contributed by atoms with van der Waals surface area (Å²) in [4.78, 5) is 15.9. The van der Waals surface area contributed by atoms with Crippen molar-refractivity contribution in [2.45, 2.75) is 0 Å². The van der Waals surface area contributed by atoms with E-state index in [9.17, 15) is 4.79 Å². The first-order valence-electron chi connectivity index (χ1n) is 7.14. The number of ether oxygens (including phenoxy) is 1. The number of benzene rings is 1. The van der Waals surface area contributed by atoms with Crippen molar-refractivity contribution in [3.05, 3.63) is 59.0 Å². The number of nitrogens with two attached hydrogens (primary N) is 1. The standard InChI is InChI=1S/C16H12N6O2/c17-15-12-13(19-20-14(12)16(23)22-21-15)9-4-6-10(7-5-9)24-11-3-1-2-8-18-11/h1-8H,(H2,17,21)(H,19,20)(H,22,23). The van der Waals surface area contributed by atoms with E-state index in [0.717, 1.165) is 5.56 Å². The monoisotopic (exact) mass is 320 g/mol. The molecule has 0 unspecified atom stereocenters. The molecule has 1 aromatic carbocycles. The maximum atomic E-state index is 11.8. The number of nitrogens with one attached hydrogen (secondary N) is 2. The van der Waals surface area contributed by atoms with Crippen LogP contribution in [0.25, 0.3) is 22.2 Å². The fraction of sp³-hybridized carbons (Fsp3) is 0. The van der Waals surface area contributed by atoms with Gasteiger partial charge < -0.3 is 10.5 Å². The molecule has 0 aliphatic heterocycles. The van der Waals surface area contributed by atoms with E-state index >= 15 is 0 Å². The van der Waals surface area contributed by atoms with Crippen LogP contribution in [0.5, 0.6) is 11.6 Å². The Hall–Kier alpha value is -3.68. The molecule has 0 saturated heterocycles. The highest BCUT2D eigenvalue weighted by Crippen LogP contribution is 2.29. The minimum Gasteiger partial charge on any atom is -0.439 e. The average Bonchev–Trinajstić information content (AvgIpc) is 3.06. The highest BCUT2D eigenvalue weighted by molar-refractivity contribution is 5.99. The Labute approximate surface area is 135 Å². The van der Waals surface area contributed by atoms with Crippen molar-refractivity contribution in [2.75, 3.05) is 5.73 Å². The smallest absolute Gasteiger partial charge is 0.290 e. The van der Waals surface area contributed by atoms with Crippen LogP contribution in [0.2, 0.25) is 0 Å². The lowest BCUT2D eigenvalue weighted by molar-refractivity contribution is 0.463. The number of anilines is 1. The average molecular weight is 320 g/mol. The molecular formula is C16H12N6O2. The molecule has 0 spiro atoms. The second-order valence-corrected chi connectivity index (χ2v) is 5.05. The van der Waals surface area contributed by atoms with Gasteiger partial charge in [0, 0.05) is 17.8 Å². The number of rotatable bonds is 3. The Morgan fingerprint density at radius 2 is 1.83 bits per heavy atom. The molecule has 3 aromatic heterocycles. The van der Waals surface area contributed by atoms with Crippen molar-refractivity contribution in [1.29, 1.82) is 0 Å². The van der Waals surface area contributed by atoms with Crippen molar-refractivity contribution in [1.82, 2.24) is 25.4 Å². The van der Waals surface area contributed by atoms with Gasteiger partial charge in [0.25, 0.3) is 5.56 Å². The molecular weight excluding hydrogens is 308 g/mol. The van der Waals surface area contributed by atoms with E-state index in [2.05, 4.69) is 25.4 Å². The molecule has 0 saturated carbocycles. The Morgan fingerprint density at radius 1 is 1.00 bits per heavy atom. The van der Waals surface area contributed by atoms with Crippen LogP contribution < -0.4 is 16.0 Å². The van der Waals surface area contributed by atoms with Crippen LogP contribution in [-0.2, 0) is 0 Å². The fourth-order valence-corrected chi connectivity index (χ4v) is 2.40. The van der Waals surface area contributed by atoms with Gasteiger partial charge >= 0.3 is 0 Å². The maximum absolute atomic E-state index is 11.8. The quantitative estimate of drug-likeness (QED) is 0.531. The summed E-state index contributed by atoms with van der Waals surface area (Å²) in [6, 6.07) is 12.7. The van der Waals surface area contributed by atoms with Gasteiger partial charge in [-0.2, -0.15) is 10.2 Å². The van der Waals surface area contributed by atoms with Crippen molar-refractivity contribution in [3.63, 3.8) is 0 Å². The largest absolute Gasteiger partial charge is 0.439 e. The van der Waals surface area contributed by atoms with E-state index in [4.69, 9.17) is 10.5 Å². The molecule has 8 heteroatoms. The van der Waals surface area contributed by atoms with Gasteiger partial charge in [0.1, 0.15) is 17.0 Å². The van der Waals surface area contributed by atoms with E-state index in [-0.39, 0.29) is 11.4 Å². The van der Waals surface area contributed by atoms with Crippen molar-refractivity contribution in [2.24, 2.45) is 0 Å². The van der Waals surface area contributed by atoms with Crippen molar-refractivity contribution >= 4 is 16.7 Å². The van der Waals surface area contributed by atoms with Crippen LogP contribution in [0.3, 0.4) is 0 Å². The molecule has 0 radical (unpaired) electrons. The van der Waals surface area contributed by atoms with Gasteiger partial charge in [-0.3, -0.25) is 9.89 Å². The molecule has 24 heavy (non-hydrogen) atoms. The summed E-state index contributed by atoms with van der Waals surface area (Å²) in [5.74, 6) is 1.36. The lowest BCUT2D eigenvalue weighted by Crippen LogP contribution is -2.10. The summed E-state index contributed by atoms with van der Waals surface area (Å²) in [7, 11) is 0. The van der Waals surface area contributed by atoms with Gasteiger partial charge in [0.2, 0.25) is 5.88 Å². The van der Waals surface area contributed by atoms with Crippen LogP contribution in [0, 0.1) is 0 Å². The molecule has 4 aromatic rings. The normalized spacial score (nSPS) is 10.8. The summed E-state index contributed by atoms with van der Waals surface area (Å²) in [5.41, 5.74) is 7.14. The molecule has 118 valence electrons. The molecule has 0 fully saturated rings. The number of nitrogen functional groups attached to an aromatic ring is 1. The van der Waals surface area contributed by atoms with Gasteiger partial charge in [-0.1, -0.05) is 6.07 Å². The first-order valence-corrected chi connectivity index (χ1v) is 7.14. The molecule has 0 amide bonds. The maximum Gasteiger partial charge on any atom is 0.290 e. The summed E-state index contributed by atoms with van der Waals surface area (Å²) in [6.07, 6.45) is 1.66. The first kappa shape index (κ1) is 13.9. The van der Waals surface area contributed by atoms with Crippen LogP contribution in [0.1, 0.15) is 0 Å². The Balaban J connectivity index is 1.71. The first-order chi connectivity index (χ1) is 11.7. The molecule has 4 rings (SSSR count). The minimum atomic E-state index is -0.368. The van der Waals surface area contributed by atoms with Crippen LogP contribution in [-0.4, -0.2) is 25.4 Å².